The summed E-state index contributed by atoms with van der Waals surface area (Å²) in [4.78, 5) is 26.5. The van der Waals surface area contributed by atoms with Crippen molar-refractivity contribution < 1.29 is 9.59 Å². The van der Waals surface area contributed by atoms with Gasteiger partial charge in [-0.3, -0.25) is 14.6 Å². The van der Waals surface area contributed by atoms with E-state index in [1.807, 2.05) is 12.1 Å². The van der Waals surface area contributed by atoms with Gasteiger partial charge in [-0.15, -0.1) is 0 Å². The number of nitrogens with one attached hydrogen (secondary N) is 2. The molecule has 0 aliphatic heterocycles. The van der Waals surface area contributed by atoms with Gasteiger partial charge in [0.15, 0.2) is 0 Å². The molecule has 0 saturated carbocycles. The highest BCUT2D eigenvalue weighted by Crippen LogP contribution is 2.11. The molecule has 0 spiro atoms. The number of carbonyl (C=O) groups excluding carboxylic acids is 2. The number of anilines is 2. The third kappa shape index (κ3) is 4.91. The number of amides is 2. The minimum Gasteiger partial charge on any atom is -0.326 e. The van der Waals surface area contributed by atoms with E-state index >= 15 is 0 Å². The van der Waals surface area contributed by atoms with E-state index in [0.29, 0.717) is 5.69 Å². The van der Waals surface area contributed by atoms with Crippen LogP contribution in [0.2, 0.25) is 0 Å². The molecule has 1 aromatic carbocycles. The van der Waals surface area contributed by atoms with Crippen LogP contribution in [0.4, 0.5) is 11.4 Å². The molecule has 0 atom stereocenters. The lowest BCUT2D eigenvalue weighted by atomic mass is 10.2. The standard InChI is InChI=1S/C16H15N3O2/c1-12(20)18-14-5-2-13(3-6-14)4-7-16(21)19-15-8-10-17-11-9-15/h2-11H,1H3,(H,18,20)(H,17,19,21)/b7-4+. The zero-order valence-electron chi connectivity index (χ0n) is 11.5. The molecule has 2 aromatic rings. The summed E-state index contributed by atoms with van der Waals surface area (Å²) in [5.41, 5.74) is 2.29. The van der Waals surface area contributed by atoms with Gasteiger partial charge >= 0.3 is 0 Å². The number of pyridine rings is 1. The van der Waals surface area contributed by atoms with Gasteiger partial charge in [0, 0.05) is 36.8 Å². The third-order valence-electron chi connectivity index (χ3n) is 2.61. The van der Waals surface area contributed by atoms with Crippen molar-refractivity contribution in [3.05, 3.63) is 60.4 Å². The van der Waals surface area contributed by atoms with Crippen LogP contribution in [-0.4, -0.2) is 16.8 Å². The van der Waals surface area contributed by atoms with Gasteiger partial charge in [-0.1, -0.05) is 12.1 Å². The topological polar surface area (TPSA) is 71.1 Å². The van der Waals surface area contributed by atoms with E-state index in [9.17, 15) is 9.59 Å². The summed E-state index contributed by atoms with van der Waals surface area (Å²) in [5.74, 6) is -0.331. The van der Waals surface area contributed by atoms with Crippen LogP contribution in [0.3, 0.4) is 0 Å². The van der Waals surface area contributed by atoms with Gasteiger partial charge in [-0.2, -0.15) is 0 Å². The fourth-order valence-electron chi connectivity index (χ4n) is 1.67. The number of hydrogen-bond donors (Lipinski definition) is 2. The molecule has 0 bridgehead atoms. The summed E-state index contributed by atoms with van der Waals surface area (Å²) in [7, 11) is 0. The molecule has 0 fully saturated rings. The molecule has 21 heavy (non-hydrogen) atoms. The Labute approximate surface area is 122 Å². The van der Waals surface area contributed by atoms with Crippen molar-refractivity contribution in [2.24, 2.45) is 0 Å². The number of hydrogen-bond acceptors (Lipinski definition) is 3. The Bertz CT molecular complexity index is 649. The van der Waals surface area contributed by atoms with E-state index in [1.54, 1.807) is 42.7 Å². The average molecular weight is 281 g/mol. The van der Waals surface area contributed by atoms with E-state index in [1.165, 1.54) is 13.0 Å². The quantitative estimate of drug-likeness (QED) is 0.846. The molecular formula is C16H15N3O2. The molecule has 106 valence electrons. The fourth-order valence-corrected chi connectivity index (χ4v) is 1.67. The first-order valence-corrected chi connectivity index (χ1v) is 6.40. The lowest BCUT2D eigenvalue weighted by molar-refractivity contribution is -0.114. The molecule has 0 radical (unpaired) electrons. The van der Waals surface area contributed by atoms with Crippen LogP contribution in [0.5, 0.6) is 0 Å². The molecule has 0 aliphatic rings. The molecule has 2 rings (SSSR count). The summed E-state index contributed by atoms with van der Waals surface area (Å²) in [6.45, 7) is 1.46. The van der Waals surface area contributed by atoms with Crippen LogP contribution in [-0.2, 0) is 9.59 Å². The zero-order valence-corrected chi connectivity index (χ0v) is 11.5. The first-order valence-electron chi connectivity index (χ1n) is 6.40. The third-order valence-corrected chi connectivity index (χ3v) is 2.61. The molecule has 1 heterocycles. The highest BCUT2D eigenvalue weighted by molar-refractivity contribution is 6.01. The Hall–Kier alpha value is -2.95. The number of rotatable bonds is 4. The van der Waals surface area contributed by atoms with Crippen molar-refractivity contribution in [1.29, 1.82) is 0 Å². The minimum absolute atomic E-state index is 0.116. The Morgan fingerprint density at radius 3 is 2.19 bits per heavy atom. The smallest absolute Gasteiger partial charge is 0.248 e. The Balaban J connectivity index is 1.94. The summed E-state index contributed by atoms with van der Waals surface area (Å²) < 4.78 is 0. The molecule has 1 aromatic heterocycles. The van der Waals surface area contributed by atoms with Gasteiger partial charge in [-0.25, -0.2) is 0 Å². The van der Waals surface area contributed by atoms with Crippen LogP contribution in [0.25, 0.3) is 6.08 Å². The normalized spacial score (nSPS) is 10.3. The molecular weight excluding hydrogens is 266 g/mol. The number of carbonyl (C=O) groups is 2. The zero-order chi connectivity index (χ0) is 15.1. The first-order chi connectivity index (χ1) is 10.1. The number of aromatic nitrogens is 1. The van der Waals surface area contributed by atoms with Crippen molar-refractivity contribution in [2.45, 2.75) is 6.92 Å². The fraction of sp³-hybridized carbons (Fsp3) is 0.0625. The van der Waals surface area contributed by atoms with Crippen LogP contribution >= 0.6 is 0 Å². The van der Waals surface area contributed by atoms with Gasteiger partial charge in [0.25, 0.3) is 0 Å². The van der Waals surface area contributed by atoms with Gasteiger partial charge in [-0.05, 0) is 35.9 Å². The van der Waals surface area contributed by atoms with Gasteiger partial charge in [0.05, 0.1) is 0 Å². The van der Waals surface area contributed by atoms with Crippen LogP contribution in [0.1, 0.15) is 12.5 Å². The molecule has 0 unspecified atom stereocenters. The summed E-state index contributed by atoms with van der Waals surface area (Å²) in [5, 5.41) is 5.41. The van der Waals surface area contributed by atoms with Gasteiger partial charge in [0.2, 0.25) is 11.8 Å². The van der Waals surface area contributed by atoms with E-state index in [2.05, 4.69) is 15.6 Å². The number of nitrogens with zero attached hydrogens (tertiary/aromatic N) is 1. The van der Waals surface area contributed by atoms with Crippen molar-refractivity contribution in [3.8, 4) is 0 Å². The highest BCUT2D eigenvalue weighted by atomic mass is 16.2. The van der Waals surface area contributed by atoms with Crippen LogP contribution in [0.15, 0.2) is 54.9 Å². The first kappa shape index (κ1) is 14.5. The monoisotopic (exact) mass is 281 g/mol. The lowest BCUT2D eigenvalue weighted by Crippen LogP contribution is -2.07. The molecule has 5 heteroatoms. The van der Waals surface area contributed by atoms with E-state index in [-0.39, 0.29) is 11.8 Å². The molecule has 2 amide bonds. The maximum absolute atomic E-state index is 11.7. The Morgan fingerprint density at radius 1 is 0.952 bits per heavy atom. The van der Waals surface area contributed by atoms with Gasteiger partial charge in [0.1, 0.15) is 0 Å². The predicted octanol–water partition coefficient (Wildman–Crippen LogP) is 2.69. The Kier molecular flexibility index (Phi) is 4.82. The largest absolute Gasteiger partial charge is 0.326 e. The van der Waals surface area contributed by atoms with Gasteiger partial charge < -0.3 is 10.6 Å². The lowest BCUT2D eigenvalue weighted by Gasteiger charge is -2.02. The van der Waals surface area contributed by atoms with E-state index < -0.39 is 0 Å². The molecule has 0 saturated heterocycles. The second kappa shape index (κ2) is 7.00. The van der Waals surface area contributed by atoms with E-state index in [0.717, 1.165) is 11.3 Å². The summed E-state index contributed by atoms with van der Waals surface area (Å²) in [6.07, 6.45) is 6.38. The number of benzene rings is 1. The summed E-state index contributed by atoms with van der Waals surface area (Å²) in [6, 6.07) is 10.6. The second-order valence-corrected chi connectivity index (χ2v) is 4.36. The minimum atomic E-state index is -0.216. The average Bonchev–Trinajstić information content (AvgIpc) is 2.47. The highest BCUT2D eigenvalue weighted by Gasteiger charge is 1.98. The summed E-state index contributed by atoms with van der Waals surface area (Å²) >= 11 is 0. The van der Waals surface area contributed by atoms with Crippen molar-refractivity contribution in [2.75, 3.05) is 10.6 Å². The van der Waals surface area contributed by atoms with Crippen LogP contribution < -0.4 is 10.6 Å². The second-order valence-electron chi connectivity index (χ2n) is 4.36. The maximum atomic E-state index is 11.7. The maximum Gasteiger partial charge on any atom is 0.248 e. The van der Waals surface area contributed by atoms with Crippen molar-refractivity contribution in [3.63, 3.8) is 0 Å². The SMILES string of the molecule is CC(=O)Nc1ccc(/C=C/C(=O)Nc2ccncc2)cc1. The molecule has 0 aliphatic carbocycles. The Morgan fingerprint density at radius 2 is 1.57 bits per heavy atom. The van der Waals surface area contributed by atoms with Crippen molar-refractivity contribution >= 4 is 29.3 Å². The molecule has 5 nitrogen and oxygen atoms in total. The molecule has 2 N–H and O–H groups in total. The van der Waals surface area contributed by atoms with E-state index in [4.69, 9.17) is 0 Å². The van der Waals surface area contributed by atoms with Crippen LogP contribution in [0, 0.1) is 0 Å². The predicted molar refractivity (Wildman–Crippen MR) is 82.6 cm³/mol. The van der Waals surface area contributed by atoms with Crippen molar-refractivity contribution in [1.82, 2.24) is 4.98 Å².